The number of rotatable bonds is 13. The molecule has 0 radical (unpaired) electrons. The Kier molecular flexibility index (Phi) is 10.1. The van der Waals surface area contributed by atoms with Crippen molar-refractivity contribution >= 4 is 61.5 Å². The zero-order chi connectivity index (χ0) is 34.1. The highest BCUT2D eigenvalue weighted by atomic mass is 28.5. The molecule has 2 nitrogen and oxygen atoms in total. The van der Waals surface area contributed by atoms with E-state index in [-0.39, 0.29) is 0 Å². The van der Waals surface area contributed by atoms with Crippen LogP contribution in [0.3, 0.4) is 0 Å². The second kappa shape index (κ2) is 15.2. The van der Waals surface area contributed by atoms with Gasteiger partial charge in [-0.2, -0.15) is 0 Å². The average molecular weight is 697 g/mol. The van der Waals surface area contributed by atoms with Gasteiger partial charge < -0.3 is 8.23 Å². The Balaban J connectivity index is 1.60. The Morgan fingerprint density at radius 3 is 0.720 bits per heavy atom. The van der Waals surface area contributed by atoms with E-state index in [1.54, 1.807) is 0 Å². The Morgan fingerprint density at radius 1 is 0.320 bits per heavy atom. The maximum atomic E-state index is 8.35. The Labute approximate surface area is 299 Å². The van der Waals surface area contributed by atoms with Crippen molar-refractivity contribution in [3.63, 3.8) is 0 Å². The van der Waals surface area contributed by atoms with Gasteiger partial charge in [0.05, 0.1) is 0 Å². The van der Waals surface area contributed by atoms with Crippen LogP contribution in [0.25, 0.3) is 0 Å². The molecule has 0 aliphatic heterocycles. The summed E-state index contributed by atoms with van der Waals surface area (Å²) in [5.74, 6) is 0. The fourth-order valence-electron chi connectivity index (χ4n) is 7.11. The third-order valence-electron chi connectivity index (χ3n) is 9.34. The highest BCUT2D eigenvalue weighted by Crippen LogP contribution is 2.27. The van der Waals surface area contributed by atoms with E-state index in [2.05, 4.69) is 219 Å². The second-order valence-electron chi connectivity index (χ2n) is 12.4. The first-order chi connectivity index (χ1) is 24.7. The molecule has 7 aromatic rings. The quantitative estimate of drug-likeness (QED) is 0.0852. The molecule has 0 amide bonds. The van der Waals surface area contributed by atoms with E-state index in [4.69, 9.17) is 8.23 Å². The smallest absolute Gasteiger partial charge is 0.357 e. The predicted octanol–water partition coefficient (Wildman–Crippen LogP) is 5.89. The molecule has 244 valence electrons. The third-order valence-corrected chi connectivity index (χ3v) is 23.3. The van der Waals surface area contributed by atoms with E-state index >= 15 is 0 Å². The largest absolute Gasteiger partial charge is 0.422 e. The van der Waals surface area contributed by atoms with Gasteiger partial charge in [-0.25, -0.2) is 0 Å². The SMILES string of the molecule is C=CC[Si](O[Si](c1ccccc1)(c1ccccc1)c1ccccc1)(O[Si](c1ccccc1)(c1ccccc1)c1ccccc1)c1ccccc1. The molecule has 0 fully saturated rings. The zero-order valence-electron chi connectivity index (χ0n) is 28.0. The summed E-state index contributed by atoms with van der Waals surface area (Å²) in [6.45, 7) is 4.37. The van der Waals surface area contributed by atoms with Gasteiger partial charge in [0.15, 0.2) is 0 Å². The minimum absolute atomic E-state index is 0.555. The van der Waals surface area contributed by atoms with Crippen LogP contribution in [0.2, 0.25) is 6.04 Å². The van der Waals surface area contributed by atoms with Crippen molar-refractivity contribution in [1.29, 1.82) is 0 Å². The molecule has 7 rings (SSSR count). The van der Waals surface area contributed by atoms with Crippen molar-refractivity contribution in [2.45, 2.75) is 6.04 Å². The van der Waals surface area contributed by atoms with Crippen LogP contribution in [-0.2, 0) is 8.23 Å². The van der Waals surface area contributed by atoms with Crippen LogP contribution < -0.4 is 36.3 Å². The van der Waals surface area contributed by atoms with Crippen molar-refractivity contribution in [2.24, 2.45) is 0 Å². The maximum Gasteiger partial charge on any atom is 0.357 e. The summed E-state index contributed by atoms with van der Waals surface area (Å²) in [4.78, 5) is 0. The lowest BCUT2D eigenvalue weighted by atomic mass is 10.3. The van der Waals surface area contributed by atoms with E-state index in [0.29, 0.717) is 6.04 Å². The lowest BCUT2D eigenvalue weighted by Gasteiger charge is -2.47. The van der Waals surface area contributed by atoms with Gasteiger partial charge >= 0.3 is 8.56 Å². The van der Waals surface area contributed by atoms with E-state index in [9.17, 15) is 0 Å². The summed E-state index contributed by atoms with van der Waals surface area (Å²) >= 11 is 0. The summed E-state index contributed by atoms with van der Waals surface area (Å²) in [6.07, 6.45) is 2.01. The highest BCUT2D eigenvalue weighted by molar-refractivity contribution is 7.15. The van der Waals surface area contributed by atoms with Crippen LogP contribution in [0.4, 0.5) is 0 Å². The molecule has 0 spiro atoms. The summed E-state index contributed by atoms with van der Waals surface area (Å²) < 4.78 is 16.7. The third kappa shape index (κ3) is 6.33. The van der Waals surface area contributed by atoms with E-state index in [0.717, 1.165) is 5.19 Å². The molecule has 0 aliphatic rings. The number of hydrogen-bond acceptors (Lipinski definition) is 2. The average Bonchev–Trinajstić information content (AvgIpc) is 3.21. The van der Waals surface area contributed by atoms with Gasteiger partial charge in [-0.1, -0.05) is 218 Å². The van der Waals surface area contributed by atoms with Gasteiger partial charge in [-0.05, 0) is 36.3 Å². The second-order valence-corrected chi connectivity index (χ2v) is 22.7. The molecule has 0 N–H and O–H groups in total. The molecule has 7 aromatic carbocycles. The van der Waals surface area contributed by atoms with Gasteiger partial charge in [-0.15, -0.1) is 6.58 Å². The highest BCUT2D eigenvalue weighted by Gasteiger charge is 2.57. The molecule has 0 aromatic heterocycles. The lowest BCUT2D eigenvalue weighted by molar-refractivity contribution is 0.414. The molecule has 0 atom stereocenters. The Hall–Kier alpha value is -5.15. The van der Waals surface area contributed by atoms with Crippen LogP contribution in [0, 0.1) is 0 Å². The van der Waals surface area contributed by atoms with Crippen molar-refractivity contribution in [2.75, 3.05) is 0 Å². The minimum atomic E-state index is -3.53. The van der Waals surface area contributed by atoms with Crippen LogP contribution in [0.15, 0.2) is 225 Å². The molecule has 50 heavy (non-hydrogen) atoms. The van der Waals surface area contributed by atoms with Crippen molar-refractivity contribution in [3.05, 3.63) is 225 Å². The number of benzene rings is 7. The minimum Gasteiger partial charge on any atom is -0.422 e. The molecule has 0 bridgehead atoms. The summed E-state index contributed by atoms with van der Waals surface area (Å²) in [7, 11) is -10.1. The summed E-state index contributed by atoms with van der Waals surface area (Å²) in [5.41, 5.74) is 0. The molecular formula is C45H40O2Si3. The van der Waals surface area contributed by atoms with Crippen LogP contribution in [0.1, 0.15) is 0 Å². The summed E-state index contributed by atoms with van der Waals surface area (Å²) in [6, 6.07) is 76.1. The zero-order valence-corrected chi connectivity index (χ0v) is 31.0. The van der Waals surface area contributed by atoms with Crippen LogP contribution in [-0.4, -0.2) is 25.2 Å². The monoisotopic (exact) mass is 696 g/mol. The van der Waals surface area contributed by atoms with Crippen LogP contribution >= 0.6 is 0 Å². The van der Waals surface area contributed by atoms with Crippen LogP contribution in [0.5, 0.6) is 0 Å². The lowest BCUT2D eigenvalue weighted by Crippen LogP contribution is -2.80. The first kappa shape index (κ1) is 33.4. The topological polar surface area (TPSA) is 18.5 Å². The fraction of sp³-hybridized carbons (Fsp3) is 0.0222. The number of hydrogen-bond donors (Lipinski definition) is 0. The fourth-order valence-corrected chi connectivity index (χ4v) is 23.3. The molecule has 0 unspecified atom stereocenters. The molecule has 0 heterocycles. The molecular weight excluding hydrogens is 657 g/mol. The Bertz CT molecular complexity index is 1760. The van der Waals surface area contributed by atoms with Gasteiger partial charge in [-0.3, -0.25) is 0 Å². The maximum absolute atomic E-state index is 8.35. The van der Waals surface area contributed by atoms with E-state index < -0.39 is 25.2 Å². The van der Waals surface area contributed by atoms with Gasteiger partial charge in [0, 0.05) is 6.04 Å². The summed E-state index contributed by atoms with van der Waals surface area (Å²) in [5, 5.41) is 8.11. The molecule has 0 saturated heterocycles. The molecule has 5 heteroatoms. The van der Waals surface area contributed by atoms with Gasteiger partial charge in [0.2, 0.25) is 0 Å². The molecule has 0 saturated carbocycles. The first-order valence-corrected chi connectivity index (χ1v) is 23.0. The normalized spacial score (nSPS) is 11.9. The standard InChI is InChI=1S/C45H40O2Si3/c1-2-38-48(39-24-10-3-11-25-39,46-49(40-26-12-4-13-27-40,41-28-14-5-15-29-41)42-30-16-6-17-31-42)47-50(43-32-18-7-19-33-43,44-34-20-8-21-35-44)45-36-22-9-23-37-45/h2-37H,1,38H2. The van der Waals surface area contributed by atoms with Gasteiger partial charge in [0.25, 0.3) is 16.6 Å². The van der Waals surface area contributed by atoms with E-state index in [1.165, 1.54) is 31.1 Å². The van der Waals surface area contributed by atoms with Crippen molar-refractivity contribution < 1.29 is 8.23 Å². The molecule has 0 aliphatic carbocycles. The number of allylic oxidation sites excluding steroid dienone is 1. The van der Waals surface area contributed by atoms with Crippen molar-refractivity contribution in [3.8, 4) is 0 Å². The van der Waals surface area contributed by atoms with Crippen molar-refractivity contribution in [1.82, 2.24) is 0 Å². The van der Waals surface area contributed by atoms with E-state index in [1.807, 2.05) is 6.08 Å². The Morgan fingerprint density at radius 2 is 0.520 bits per heavy atom. The first-order valence-electron chi connectivity index (χ1n) is 17.1. The predicted molar refractivity (Wildman–Crippen MR) is 217 cm³/mol. The van der Waals surface area contributed by atoms with Gasteiger partial charge in [0.1, 0.15) is 0 Å².